The Labute approximate surface area is 158 Å². The van der Waals surface area contributed by atoms with Gasteiger partial charge in [0.05, 0.1) is 0 Å². The minimum absolute atomic E-state index is 0.345. The van der Waals surface area contributed by atoms with Crippen LogP contribution in [-0.2, 0) is 4.79 Å². The highest BCUT2D eigenvalue weighted by Crippen LogP contribution is 2.17. The third-order valence-electron chi connectivity index (χ3n) is 5.39. The van der Waals surface area contributed by atoms with E-state index in [9.17, 15) is 4.79 Å². The van der Waals surface area contributed by atoms with Crippen molar-refractivity contribution in [1.82, 2.24) is 0 Å². The number of unbranched alkanes of at least 4 members (excludes halogenated alkanes) is 14. The van der Waals surface area contributed by atoms with E-state index in [4.69, 9.17) is 5.11 Å². The van der Waals surface area contributed by atoms with E-state index in [1.807, 2.05) is 0 Å². The smallest absolute Gasteiger partial charge is 0.303 e. The second kappa shape index (κ2) is 19.8. The number of hydrogen-bond donors (Lipinski definition) is 1. The van der Waals surface area contributed by atoms with E-state index in [0.29, 0.717) is 6.42 Å². The predicted octanol–water partition coefficient (Wildman–Crippen LogP) is 8.14. The lowest BCUT2D eigenvalue weighted by Gasteiger charge is -2.10. The third kappa shape index (κ3) is 21.4. The summed E-state index contributed by atoms with van der Waals surface area (Å²) < 4.78 is 0. The summed E-state index contributed by atoms with van der Waals surface area (Å²) >= 11 is 0. The highest BCUT2D eigenvalue weighted by atomic mass is 16.4. The molecule has 1 N–H and O–H groups in total. The molecule has 0 amide bonds. The zero-order valence-electron chi connectivity index (χ0n) is 17.4. The molecule has 0 aliphatic carbocycles. The van der Waals surface area contributed by atoms with Crippen LogP contribution in [0.1, 0.15) is 136 Å². The molecule has 25 heavy (non-hydrogen) atoms. The fourth-order valence-corrected chi connectivity index (χ4v) is 3.59. The molecule has 0 radical (unpaired) electrons. The molecule has 0 saturated heterocycles. The molecular formula is C23H46O2. The number of hydrogen-bond acceptors (Lipinski definition) is 1. The maximum Gasteiger partial charge on any atom is 0.303 e. The van der Waals surface area contributed by atoms with Crippen LogP contribution in [-0.4, -0.2) is 11.1 Å². The summed E-state index contributed by atoms with van der Waals surface area (Å²) in [6.45, 7) is 4.71. The van der Waals surface area contributed by atoms with Gasteiger partial charge >= 0.3 is 5.97 Å². The molecule has 0 aliphatic rings. The van der Waals surface area contributed by atoms with Crippen molar-refractivity contribution < 1.29 is 9.90 Å². The highest BCUT2D eigenvalue weighted by Gasteiger charge is 2.01. The van der Waals surface area contributed by atoms with Gasteiger partial charge in [0.2, 0.25) is 0 Å². The van der Waals surface area contributed by atoms with Crippen LogP contribution in [0.3, 0.4) is 0 Å². The lowest BCUT2D eigenvalue weighted by Crippen LogP contribution is -1.94. The first kappa shape index (κ1) is 24.5. The largest absolute Gasteiger partial charge is 0.481 e. The number of carboxylic acid groups (broad SMARTS) is 1. The minimum atomic E-state index is -0.651. The molecule has 0 saturated carbocycles. The van der Waals surface area contributed by atoms with Crippen LogP contribution in [0.2, 0.25) is 0 Å². The summed E-state index contributed by atoms with van der Waals surface area (Å²) in [6, 6.07) is 0. The summed E-state index contributed by atoms with van der Waals surface area (Å²) in [4.78, 5) is 10.4. The topological polar surface area (TPSA) is 37.3 Å². The second-order valence-electron chi connectivity index (χ2n) is 8.13. The average molecular weight is 355 g/mol. The van der Waals surface area contributed by atoms with Crippen molar-refractivity contribution in [3.05, 3.63) is 0 Å². The van der Waals surface area contributed by atoms with Gasteiger partial charge in [0.1, 0.15) is 0 Å². The number of aliphatic carboxylic acids is 1. The standard InChI is InChI=1S/C23H46O2/c1-3-4-19-22(2)20-17-15-13-11-9-7-5-6-8-10-12-14-16-18-21-23(24)25/h22H,3-21H2,1-2H3,(H,24,25). The molecule has 0 heterocycles. The molecule has 0 fully saturated rings. The maximum atomic E-state index is 10.4. The molecule has 1 unspecified atom stereocenters. The summed E-state index contributed by atoms with van der Waals surface area (Å²) in [5, 5.41) is 8.57. The van der Waals surface area contributed by atoms with Gasteiger partial charge in [-0.15, -0.1) is 0 Å². The molecule has 2 nitrogen and oxygen atoms in total. The van der Waals surface area contributed by atoms with Crippen molar-refractivity contribution in [2.75, 3.05) is 0 Å². The van der Waals surface area contributed by atoms with Gasteiger partial charge < -0.3 is 5.11 Å². The van der Waals surface area contributed by atoms with Crippen LogP contribution in [0.4, 0.5) is 0 Å². The Morgan fingerprint density at radius 1 is 0.640 bits per heavy atom. The van der Waals surface area contributed by atoms with Crippen LogP contribution in [0.25, 0.3) is 0 Å². The Hall–Kier alpha value is -0.530. The van der Waals surface area contributed by atoms with Crippen molar-refractivity contribution in [2.45, 2.75) is 136 Å². The van der Waals surface area contributed by atoms with E-state index in [0.717, 1.165) is 18.8 Å². The van der Waals surface area contributed by atoms with E-state index in [1.165, 1.54) is 103 Å². The summed E-state index contributed by atoms with van der Waals surface area (Å²) in [5.41, 5.74) is 0. The van der Waals surface area contributed by atoms with Crippen molar-refractivity contribution in [2.24, 2.45) is 5.92 Å². The maximum absolute atomic E-state index is 10.4. The van der Waals surface area contributed by atoms with Gasteiger partial charge in [0.25, 0.3) is 0 Å². The lowest BCUT2D eigenvalue weighted by atomic mass is 9.97. The van der Waals surface area contributed by atoms with Crippen LogP contribution in [0, 0.1) is 5.92 Å². The summed E-state index contributed by atoms with van der Waals surface area (Å²) in [7, 11) is 0. The third-order valence-corrected chi connectivity index (χ3v) is 5.39. The molecular weight excluding hydrogens is 308 g/mol. The predicted molar refractivity (Wildman–Crippen MR) is 110 cm³/mol. The quantitative estimate of drug-likeness (QED) is 0.224. The van der Waals surface area contributed by atoms with Crippen LogP contribution in [0.15, 0.2) is 0 Å². The van der Waals surface area contributed by atoms with Crippen molar-refractivity contribution in [3.8, 4) is 0 Å². The van der Waals surface area contributed by atoms with Crippen molar-refractivity contribution >= 4 is 5.97 Å². The fraction of sp³-hybridized carbons (Fsp3) is 0.957. The van der Waals surface area contributed by atoms with E-state index in [2.05, 4.69) is 13.8 Å². The number of rotatable bonds is 20. The summed E-state index contributed by atoms with van der Waals surface area (Å²) in [5.74, 6) is 0.290. The van der Waals surface area contributed by atoms with Crippen LogP contribution < -0.4 is 0 Å². The normalized spacial score (nSPS) is 12.4. The zero-order valence-corrected chi connectivity index (χ0v) is 17.4. The van der Waals surface area contributed by atoms with E-state index >= 15 is 0 Å². The van der Waals surface area contributed by atoms with Crippen LogP contribution >= 0.6 is 0 Å². The number of carbonyl (C=O) groups is 1. The highest BCUT2D eigenvalue weighted by molar-refractivity contribution is 5.66. The Balaban J connectivity index is 3.06. The first-order valence-electron chi connectivity index (χ1n) is 11.4. The van der Waals surface area contributed by atoms with Gasteiger partial charge in [-0.25, -0.2) is 0 Å². The Morgan fingerprint density at radius 3 is 1.40 bits per heavy atom. The van der Waals surface area contributed by atoms with Gasteiger partial charge in [-0.2, -0.15) is 0 Å². The zero-order chi connectivity index (χ0) is 18.6. The SMILES string of the molecule is CCCCC(C)CCCCCCCCCCCCCCCCC(=O)O. The Bertz CT molecular complexity index is 275. The first-order valence-corrected chi connectivity index (χ1v) is 11.4. The van der Waals surface area contributed by atoms with Gasteiger partial charge in [-0.3, -0.25) is 4.79 Å². The first-order chi connectivity index (χ1) is 12.2. The Kier molecular flexibility index (Phi) is 19.4. The Morgan fingerprint density at radius 2 is 1.00 bits per heavy atom. The van der Waals surface area contributed by atoms with Gasteiger partial charge in [0.15, 0.2) is 0 Å². The molecule has 0 bridgehead atoms. The van der Waals surface area contributed by atoms with Gasteiger partial charge in [-0.05, 0) is 12.3 Å². The lowest BCUT2D eigenvalue weighted by molar-refractivity contribution is -0.137. The molecule has 0 rings (SSSR count). The van der Waals surface area contributed by atoms with E-state index in [-0.39, 0.29) is 0 Å². The molecule has 0 aromatic heterocycles. The molecule has 0 aliphatic heterocycles. The molecule has 2 heteroatoms. The van der Waals surface area contributed by atoms with Gasteiger partial charge in [0, 0.05) is 6.42 Å². The molecule has 150 valence electrons. The molecule has 0 aromatic rings. The van der Waals surface area contributed by atoms with Gasteiger partial charge in [-0.1, -0.05) is 123 Å². The monoisotopic (exact) mass is 354 g/mol. The second-order valence-corrected chi connectivity index (χ2v) is 8.13. The van der Waals surface area contributed by atoms with E-state index < -0.39 is 5.97 Å². The average Bonchev–Trinajstić information content (AvgIpc) is 2.59. The minimum Gasteiger partial charge on any atom is -0.481 e. The molecule has 0 spiro atoms. The molecule has 1 atom stereocenters. The fourth-order valence-electron chi connectivity index (χ4n) is 3.59. The van der Waals surface area contributed by atoms with E-state index in [1.54, 1.807) is 0 Å². The van der Waals surface area contributed by atoms with Crippen molar-refractivity contribution in [1.29, 1.82) is 0 Å². The van der Waals surface area contributed by atoms with Crippen molar-refractivity contribution in [3.63, 3.8) is 0 Å². The summed E-state index contributed by atoms with van der Waals surface area (Å²) in [6.07, 6.45) is 24.5. The number of carboxylic acids is 1. The van der Waals surface area contributed by atoms with Crippen LogP contribution in [0.5, 0.6) is 0 Å². The molecule has 0 aromatic carbocycles.